The Morgan fingerprint density at radius 1 is 1.24 bits per heavy atom. The van der Waals surface area contributed by atoms with Gasteiger partial charge in [0.15, 0.2) is 0 Å². The molecule has 0 radical (unpaired) electrons. The van der Waals surface area contributed by atoms with Crippen molar-refractivity contribution in [2.75, 3.05) is 0 Å². The Bertz CT molecular complexity index is 626. The number of halogens is 1. The molecule has 112 valence electrons. The maximum Gasteiger partial charge on any atom is 0.129 e. The molecule has 1 N–H and O–H groups in total. The summed E-state index contributed by atoms with van der Waals surface area (Å²) in [7, 11) is 0. The molecule has 0 bridgehead atoms. The van der Waals surface area contributed by atoms with E-state index in [1.165, 1.54) is 48.1 Å². The maximum atomic E-state index is 9.97. The van der Waals surface area contributed by atoms with Crippen LogP contribution in [0, 0.1) is 20.8 Å². The number of hydrogen-bond donors (Lipinski definition) is 1. The van der Waals surface area contributed by atoms with E-state index < -0.39 is 0 Å². The Kier molecular flexibility index (Phi) is 3.38. The number of hydrogen-bond acceptors (Lipinski definition) is 2. The molecule has 1 nitrogen and oxygen atoms in total. The van der Waals surface area contributed by atoms with Crippen LogP contribution in [0.25, 0.3) is 0 Å². The molecule has 0 aromatic heterocycles. The van der Waals surface area contributed by atoms with E-state index in [4.69, 9.17) is 12.2 Å². The monoisotopic (exact) mass is 412 g/mol. The van der Waals surface area contributed by atoms with Crippen LogP contribution in [-0.2, 0) is 6.42 Å². The molecule has 1 aromatic carbocycles. The van der Waals surface area contributed by atoms with Crippen LogP contribution in [0.2, 0.25) is 0 Å². The molecule has 2 fully saturated rings. The number of phenolic OH excluding ortho intramolecular Hbond substituents is 1. The van der Waals surface area contributed by atoms with Gasteiger partial charge in [-0.2, -0.15) is 0 Å². The van der Waals surface area contributed by atoms with Crippen molar-refractivity contribution in [3.05, 3.63) is 26.8 Å². The van der Waals surface area contributed by atoms with Crippen molar-refractivity contribution in [3.8, 4) is 5.75 Å². The largest absolute Gasteiger partial charge is 0.507 e. The zero-order valence-electron chi connectivity index (χ0n) is 12.4. The van der Waals surface area contributed by atoms with Crippen molar-refractivity contribution >= 4 is 39.7 Å². The summed E-state index contributed by atoms with van der Waals surface area (Å²) in [6.45, 7) is 2.43. The molecule has 0 saturated heterocycles. The molecular formula is C18H21IOS. The smallest absolute Gasteiger partial charge is 0.129 e. The minimum Gasteiger partial charge on any atom is -0.507 e. The zero-order valence-corrected chi connectivity index (χ0v) is 15.3. The highest BCUT2D eigenvalue weighted by atomic mass is 127. The van der Waals surface area contributed by atoms with Crippen LogP contribution in [0.1, 0.15) is 56.1 Å². The van der Waals surface area contributed by atoms with Crippen molar-refractivity contribution < 1.29 is 5.11 Å². The summed E-state index contributed by atoms with van der Waals surface area (Å²) in [5.74, 6) is 2.75. The van der Waals surface area contributed by atoms with Crippen molar-refractivity contribution in [1.82, 2.24) is 0 Å². The van der Waals surface area contributed by atoms with Gasteiger partial charge in [-0.05, 0) is 107 Å². The number of thiocarbonyl (C=S) groups is 1. The first-order chi connectivity index (χ1) is 10.0. The lowest BCUT2D eigenvalue weighted by Crippen LogP contribution is -2.42. The van der Waals surface area contributed by atoms with Gasteiger partial charge in [0.2, 0.25) is 0 Å². The highest BCUT2D eigenvalue weighted by Crippen LogP contribution is 2.60. The Morgan fingerprint density at radius 3 is 2.86 bits per heavy atom. The highest BCUT2D eigenvalue weighted by Gasteiger charge is 2.52. The molecular weight excluding hydrogens is 391 g/mol. The summed E-state index contributed by atoms with van der Waals surface area (Å²) < 4.78 is 1.00. The minimum atomic E-state index is 0.331. The van der Waals surface area contributed by atoms with Gasteiger partial charge in [-0.15, -0.1) is 0 Å². The first-order valence-corrected chi connectivity index (χ1v) is 9.54. The predicted molar refractivity (Wildman–Crippen MR) is 98.0 cm³/mol. The third kappa shape index (κ3) is 2.03. The fraction of sp³-hybridized carbons (Fsp3) is 0.611. The first-order valence-electron chi connectivity index (χ1n) is 8.05. The fourth-order valence-corrected chi connectivity index (χ4v) is 6.21. The molecule has 4 atom stereocenters. The fourth-order valence-electron chi connectivity index (χ4n) is 5.35. The van der Waals surface area contributed by atoms with Crippen LogP contribution in [0.5, 0.6) is 5.75 Å². The van der Waals surface area contributed by atoms with Crippen LogP contribution in [0.3, 0.4) is 0 Å². The molecule has 0 heterocycles. The van der Waals surface area contributed by atoms with Crippen LogP contribution in [0.4, 0.5) is 0 Å². The van der Waals surface area contributed by atoms with Gasteiger partial charge < -0.3 is 5.11 Å². The Morgan fingerprint density at radius 2 is 2.05 bits per heavy atom. The van der Waals surface area contributed by atoms with Gasteiger partial charge in [-0.25, -0.2) is 0 Å². The second-order valence-corrected chi connectivity index (χ2v) is 8.99. The first kappa shape index (κ1) is 14.4. The van der Waals surface area contributed by atoms with Gasteiger partial charge in [-0.1, -0.05) is 19.1 Å². The molecule has 3 unspecified atom stereocenters. The summed E-state index contributed by atoms with van der Waals surface area (Å²) in [6.07, 6.45) is 7.40. The number of aromatic hydroxyl groups is 1. The average molecular weight is 412 g/mol. The van der Waals surface area contributed by atoms with Gasteiger partial charge >= 0.3 is 0 Å². The van der Waals surface area contributed by atoms with Crippen molar-refractivity contribution in [1.29, 1.82) is 0 Å². The SMILES string of the molecule is C[C@]12CCC3c4cc(I)c(O)cc4CCC3C1CCC2=S. The number of phenols is 1. The standard InChI is InChI=1S/C18H21IOS/c1-18-7-6-11-12(14(18)4-5-17(18)21)3-2-10-8-16(20)15(19)9-13(10)11/h8-9,11-12,14,20H,2-7H2,1H3/t11?,12?,14?,18-/m0/s1. The minimum absolute atomic E-state index is 0.331. The van der Waals surface area contributed by atoms with Crippen LogP contribution in [0.15, 0.2) is 12.1 Å². The summed E-state index contributed by atoms with van der Waals surface area (Å²) in [4.78, 5) is 1.34. The molecule has 0 spiro atoms. The van der Waals surface area contributed by atoms with Crippen molar-refractivity contribution in [2.45, 2.75) is 51.4 Å². The third-order valence-corrected chi connectivity index (χ3v) is 8.04. The van der Waals surface area contributed by atoms with E-state index in [0.29, 0.717) is 17.1 Å². The quantitative estimate of drug-likeness (QED) is 0.466. The van der Waals surface area contributed by atoms with Gasteiger partial charge in [0.05, 0.1) is 3.57 Å². The topological polar surface area (TPSA) is 20.2 Å². The maximum absolute atomic E-state index is 9.97. The highest BCUT2D eigenvalue weighted by molar-refractivity contribution is 14.1. The Balaban J connectivity index is 1.75. The average Bonchev–Trinajstić information content (AvgIpc) is 2.76. The number of fused-ring (bicyclic) bond motifs is 5. The molecule has 21 heavy (non-hydrogen) atoms. The zero-order chi connectivity index (χ0) is 14.8. The van der Waals surface area contributed by atoms with Gasteiger partial charge in [0.1, 0.15) is 5.75 Å². The van der Waals surface area contributed by atoms with Crippen LogP contribution >= 0.6 is 34.8 Å². The number of aryl methyl sites for hydroxylation is 1. The molecule has 3 aliphatic rings. The Hall–Kier alpha value is -0.160. The molecule has 1 aromatic rings. The summed E-state index contributed by atoms with van der Waals surface area (Å²) in [6, 6.07) is 4.26. The molecule has 2 saturated carbocycles. The summed E-state index contributed by atoms with van der Waals surface area (Å²) in [5, 5.41) is 9.97. The normalized spacial score (nSPS) is 37.8. The van der Waals surface area contributed by atoms with E-state index in [0.717, 1.165) is 21.8 Å². The lowest BCUT2D eigenvalue weighted by Gasteiger charge is -2.49. The number of rotatable bonds is 0. The van der Waals surface area contributed by atoms with Crippen LogP contribution in [-0.4, -0.2) is 9.97 Å². The molecule has 4 rings (SSSR count). The van der Waals surface area contributed by atoms with Crippen molar-refractivity contribution in [3.63, 3.8) is 0 Å². The third-order valence-electron chi connectivity index (χ3n) is 6.50. The summed E-state index contributed by atoms with van der Waals surface area (Å²) >= 11 is 7.97. The van der Waals surface area contributed by atoms with E-state index in [1.807, 2.05) is 6.07 Å². The second kappa shape index (κ2) is 4.92. The van der Waals surface area contributed by atoms with E-state index in [2.05, 4.69) is 35.6 Å². The van der Waals surface area contributed by atoms with Gasteiger partial charge in [0.25, 0.3) is 0 Å². The van der Waals surface area contributed by atoms with E-state index in [1.54, 1.807) is 0 Å². The molecule has 0 amide bonds. The summed E-state index contributed by atoms with van der Waals surface area (Å²) in [5.41, 5.74) is 3.24. The molecule has 0 aliphatic heterocycles. The van der Waals surface area contributed by atoms with Crippen LogP contribution < -0.4 is 0 Å². The Labute approximate surface area is 145 Å². The van der Waals surface area contributed by atoms with E-state index in [9.17, 15) is 5.11 Å². The van der Waals surface area contributed by atoms with Crippen molar-refractivity contribution in [2.24, 2.45) is 17.3 Å². The molecule has 3 aliphatic carbocycles. The van der Waals surface area contributed by atoms with E-state index in [-0.39, 0.29) is 0 Å². The lowest BCUT2D eigenvalue weighted by atomic mass is 9.56. The molecule has 3 heteroatoms. The van der Waals surface area contributed by atoms with Gasteiger partial charge in [-0.3, -0.25) is 0 Å². The predicted octanol–water partition coefficient (Wildman–Crippen LogP) is 5.22. The van der Waals surface area contributed by atoms with E-state index >= 15 is 0 Å². The number of benzene rings is 1. The second-order valence-electron chi connectivity index (χ2n) is 7.34. The van der Waals surface area contributed by atoms with Gasteiger partial charge in [0, 0.05) is 5.41 Å². The lowest BCUT2D eigenvalue weighted by molar-refractivity contribution is 0.0966.